The maximum atomic E-state index is 9.02. The van der Waals surface area contributed by atoms with Crippen LogP contribution in [0.3, 0.4) is 0 Å². The molecule has 0 aliphatic carbocycles. The van der Waals surface area contributed by atoms with Crippen molar-refractivity contribution in [3.8, 4) is 0 Å². The van der Waals surface area contributed by atoms with Gasteiger partial charge in [0.05, 0.1) is 11.8 Å². The fourth-order valence-corrected chi connectivity index (χ4v) is 1.27. The van der Waals surface area contributed by atoms with Crippen molar-refractivity contribution in [2.24, 2.45) is 0 Å². The average molecular weight is 259 g/mol. The number of nitrogens with zero attached hydrogens (tertiary/aromatic N) is 1. The highest BCUT2D eigenvalue weighted by molar-refractivity contribution is 9.10. The van der Waals surface area contributed by atoms with E-state index in [0.29, 0.717) is 0 Å². The van der Waals surface area contributed by atoms with Crippen LogP contribution in [-0.4, -0.2) is 22.7 Å². The smallest absolute Gasteiger partial charge is 0.0542 e. The molecular weight excluding hydrogens is 244 g/mol. The van der Waals surface area contributed by atoms with Crippen LogP contribution in [0.1, 0.15) is 19.0 Å². The Balaban J connectivity index is 2.21. The van der Waals surface area contributed by atoms with Crippen LogP contribution in [0, 0.1) is 0 Å². The molecule has 1 atom stereocenters. The molecular formula is C10H15BrN2O. The summed E-state index contributed by atoms with van der Waals surface area (Å²) in [4.78, 5) is 4.22. The summed E-state index contributed by atoms with van der Waals surface area (Å²) in [5.41, 5.74) is 1.01. The Hall–Kier alpha value is -0.450. The number of hydrogen-bond acceptors (Lipinski definition) is 3. The minimum Gasteiger partial charge on any atom is -0.393 e. The minimum atomic E-state index is -0.236. The van der Waals surface area contributed by atoms with E-state index < -0.39 is 0 Å². The molecule has 0 radical (unpaired) electrons. The standard InChI is InChI=1S/C10H15BrN2O/c1-8(14)4-5-12-7-10-3-2-9(11)6-13-10/h2-3,6,8,12,14H,4-5,7H2,1H3. The van der Waals surface area contributed by atoms with Gasteiger partial charge < -0.3 is 10.4 Å². The van der Waals surface area contributed by atoms with Gasteiger partial charge in [-0.1, -0.05) is 0 Å². The van der Waals surface area contributed by atoms with Crippen molar-refractivity contribution in [2.45, 2.75) is 26.0 Å². The molecule has 78 valence electrons. The Kier molecular flexibility index (Phi) is 5.07. The third kappa shape index (κ3) is 4.69. The summed E-state index contributed by atoms with van der Waals surface area (Å²) in [6.07, 6.45) is 2.32. The summed E-state index contributed by atoms with van der Waals surface area (Å²) in [5.74, 6) is 0. The maximum absolute atomic E-state index is 9.02. The quantitative estimate of drug-likeness (QED) is 0.791. The van der Waals surface area contributed by atoms with Gasteiger partial charge in [0.25, 0.3) is 0 Å². The lowest BCUT2D eigenvalue weighted by Gasteiger charge is -2.05. The first-order valence-corrected chi connectivity index (χ1v) is 5.47. The first-order chi connectivity index (χ1) is 6.68. The van der Waals surface area contributed by atoms with Crippen molar-refractivity contribution in [1.82, 2.24) is 10.3 Å². The molecule has 1 aromatic heterocycles. The van der Waals surface area contributed by atoms with Crippen LogP contribution in [0.5, 0.6) is 0 Å². The molecule has 0 saturated carbocycles. The third-order valence-corrected chi connectivity index (χ3v) is 2.30. The topological polar surface area (TPSA) is 45.1 Å². The first-order valence-electron chi connectivity index (χ1n) is 4.67. The van der Waals surface area contributed by atoms with Gasteiger partial charge in [0.2, 0.25) is 0 Å². The van der Waals surface area contributed by atoms with Crippen LogP contribution in [0.2, 0.25) is 0 Å². The second-order valence-corrected chi connectivity index (χ2v) is 4.20. The van der Waals surface area contributed by atoms with E-state index in [1.807, 2.05) is 12.1 Å². The molecule has 0 saturated heterocycles. The summed E-state index contributed by atoms with van der Waals surface area (Å²) in [5, 5.41) is 12.2. The second kappa shape index (κ2) is 6.11. The highest BCUT2D eigenvalue weighted by atomic mass is 79.9. The fourth-order valence-electron chi connectivity index (χ4n) is 1.04. The van der Waals surface area contributed by atoms with E-state index in [0.717, 1.165) is 29.7 Å². The lowest BCUT2D eigenvalue weighted by molar-refractivity contribution is 0.183. The van der Waals surface area contributed by atoms with E-state index in [4.69, 9.17) is 5.11 Å². The van der Waals surface area contributed by atoms with Gasteiger partial charge in [0, 0.05) is 17.2 Å². The summed E-state index contributed by atoms with van der Waals surface area (Å²) < 4.78 is 0.991. The van der Waals surface area contributed by atoms with Crippen molar-refractivity contribution < 1.29 is 5.11 Å². The second-order valence-electron chi connectivity index (χ2n) is 3.28. The molecule has 4 heteroatoms. The monoisotopic (exact) mass is 258 g/mol. The molecule has 1 heterocycles. The van der Waals surface area contributed by atoms with E-state index in [2.05, 4.69) is 26.2 Å². The number of pyridine rings is 1. The average Bonchev–Trinajstić information content (AvgIpc) is 2.15. The number of halogens is 1. The number of aliphatic hydroxyl groups excluding tert-OH is 1. The molecule has 1 unspecified atom stereocenters. The molecule has 0 bridgehead atoms. The molecule has 0 aromatic carbocycles. The van der Waals surface area contributed by atoms with E-state index in [1.165, 1.54) is 0 Å². The zero-order chi connectivity index (χ0) is 10.4. The van der Waals surface area contributed by atoms with Crippen LogP contribution >= 0.6 is 15.9 Å². The molecule has 2 N–H and O–H groups in total. The summed E-state index contributed by atoms with van der Waals surface area (Å²) >= 11 is 3.33. The first kappa shape index (κ1) is 11.6. The number of hydrogen-bond donors (Lipinski definition) is 2. The summed E-state index contributed by atoms with van der Waals surface area (Å²) in [6.45, 7) is 3.36. The van der Waals surface area contributed by atoms with Gasteiger partial charge in [-0.25, -0.2) is 0 Å². The number of nitrogens with one attached hydrogen (secondary N) is 1. The van der Waals surface area contributed by atoms with Crippen molar-refractivity contribution in [2.75, 3.05) is 6.54 Å². The van der Waals surface area contributed by atoms with Gasteiger partial charge in [-0.15, -0.1) is 0 Å². The third-order valence-electron chi connectivity index (χ3n) is 1.83. The van der Waals surface area contributed by atoms with Crippen LogP contribution in [0.15, 0.2) is 22.8 Å². The van der Waals surface area contributed by atoms with Gasteiger partial charge >= 0.3 is 0 Å². The molecule has 0 aliphatic heterocycles. The molecule has 0 fully saturated rings. The van der Waals surface area contributed by atoms with Gasteiger partial charge in [0.15, 0.2) is 0 Å². The van der Waals surface area contributed by atoms with E-state index in [-0.39, 0.29) is 6.10 Å². The van der Waals surface area contributed by atoms with Gasteiger partial charge in [-0.3, -0.25) is 4.98 Å². The van der Waals surface area contributed by atoms with E-state index in [1.54, 1.807) is 13.1 Å². The largest absolute Gasteiger partial charge is 0.393 e. The van der Waals surface area contributed by atoms with Gasteiger partial charge in [-0.05, 0) is 48.0 Å². The zero-order valence-electron chi connectivity index (χ0n) is 8.20. The predicted octanol–water partition coefficient (Wildman–Crippen LogP) is 1.70. The number of aromatic nitrogens is 1. The molecule has 1 rings (SSSR count). The molecule has 3 nitrogen and oxygen atoms in total. The molecule has 1 aromatic rings. The Labute approximate surface area is 92.7 Å². The summed E-state index contributed by atoms with van der Waals surface area (Å²) in [7, 11) is 0. The van der Waals surface area contributed by atoms with Crippen LogP contribution < -0.4 is 5.32 Å². The number of rotatable bonds is 5. The Morgan fingerprint density at radius 2 is 2.36 bits per heavy atom. The highest BCUT2D eigenvalue weighted by Crippen LogP contribution is 2.06. The lowest BCUT2D eigenvalue weighted by atomic mass is 10.3. The van der Waals surface area contributed by atoms with Crippen molar-refractivity contribution in [1.29, 1.82) is 0 Å². The predicted molar refractivity (Wildman–Crippen MR) is 59.9 cm³/mol. The molecule has 0 aliphatic rings. The minimum absolute atomic E-state index is 0.236. The van der Waals surface area contributed by atoms with Crippen LogP contribution in [-0.2, 0) is 6.54 Å². The molecule has 0 spiro atoms. The van der Waals surface area contributed by atoms with Crippen LogP contribution in [0.4, 0.5) is 0 Å². The zero-order valence-corrected chi connectivity index (χ0v) is 9.79. The number of aliphatic hydroxyl groups is 1. The molecule has 0 amide bonds. The Morgan fingerprint density at radius 1 is 1.57 bits per heavy atom. The van der Waals surface area contributed by atoms with Crippen LogP contribution in [0.25, 0.3) is 0 Å². The van der Waals surface area contributed by atoms with Crippen molar-refractivity contribution >= 4 is 15.9 Å². The van der Waals surface area contributed by atoms with Crippen molar-refractivity contribution in [3.63, 3.8) is 0 Å². The molecule has 14 heavy (non-hydrogen) atoms. The SMILES string of the molecule is CC(O)CCNCc1ccc(Br)cn1. The Bertz CT molecular complexity index is 261. The van der Waals surface area contributed by atoms with Gasteiger partial charge in [-0.2, -0.15) is 0 Å². The lowest BCUT2D eigenvalue weighted by Crippen LogP contribution is -2.19. The highest BCUT2D eigenvalue weighted by Gasteiger charge is 1.96. The normalized spacial score (nSPS) is 12.8. The summed E-state index contributed by atoms with van der Waals surface area (Å²) in [6, 6.07) is 3.94. The van der Waals surface area contributed by atoms with Crippen molar-refractivity contribution in [3.05, 3.63) is 28.5 Å². The van der Waals surface area contributed by atoms with Gasteiger partial charge in [0.1, 0.15) is 0 Å². The Morgan fingerprint density at radius 3 is 2.93 bits per heavy atom. The maximum Gasteiger partial charge on any atom is 0.0542 e. The van der Waals surface area contributed by atoms with E-state index >= 15 is 0 Å². The fraction of sp³-hybridized carbons (Fsp3) is 0.500. The van der Waals surface area contributed by atoms with E-state index in [9.17, 15) is 0 Å².